The van der Waals surface area contributed by atoms with Crippen molar-refractivity contribution < 1.29 is 15.0 Å². The highest BCUT2D eigenvalue weighted by Crippen LogP contribution is 2.22. The zero-order chi connectivity index (χ0) is 15.0. The van der Waals surface area contributed by atoms with Crippen LogP contribution in [0.3, 0.4) is 0 Å². The molecule has 0 aromatic carbocycles. The molecule has 6 heteroatoms. The molecule has 1 saturated heterocycles. The first kappa shape index (κ1) is 17.4. The Kier molecular flexibility index (Phi) is 8.06. The zero-order valence-corrected chi connectivity index (χ0v) is 12.4. The molecule has 3 atom stereocenters. The van der Waals surface area contributed by atoms with Crippen molar-refractivity contribution in [2.24, 2.45) is 11.7 Å². The van der Waals surface area contributed by atoms with Crippen LogP contribution in [0.15, 0.2) is 0 Å². The molecule has 0 bridgehead atoms. The number of rotatable bonds is 9. The average Bonchev–Trinajstić information content (AvgIpc) is 2.38. The van der Waals surface area contributed by atoms with Gasteiger partial charge in [-0.05, 0) is 38.1 Å². The Balaban J connectivity index is 2.50. The van der Waals surface area contributed by atoms with Crippen LogP contribution >= 0.6 is 0 Å². The summed E-state index contributed by atoms with van der Waals surface area (Å²) in [5.41, 5.74) is 5.28. The number of aliphatic hydroxyl groups excluding tert-OH is 2. The lowest BCUT2D eigenvalue weighted by molar-refractivity contribution is -0.119. The predicted octanol–water partition coefficient (Wildman–Crippen LogP) is -0.705. The van der Waals surface area contributed by atoms with Gasteiger partial charge < -0.3 is 21.3 Å². The second kappa shape index (κ2) is 9.28. The van der Waals surface area contributed by atoms with E-state index in [0.717, 1.165) is 45.3 Å². The summed E-state index contributed by atoms with van der Waals surface area (Å²) >= 11 is 0. The Labute approximate surface area is 121 Å². The fourth-order valence-electron chi connectivity index (χ4n) is 2.91. The molecule has 1 fully saturated rings. The summed E-state index contributed by atoms with van der Waals surface area (Å²) in [6.07, 6.45) is 2.98. The Bertz CT molecular complexity index is 289. The van der Waals surface area contributed by atoms with Gasteiger partial charge in [-0.15, -0.1) is 0 Å². The molecule has 118 valence electrons. The number of likely N-dealkylation sites (tertiary alicyclic amines) is 1. The van der Waals surface area contributed by atoms with Crippen LogP contribution in [0.1, 0.15) is 32.6 Å². The van der Waals surface area contributed by atoms with Gasteiger partial charge in [-0.3, -0.25) is 9.69 Å². The van der Waals surface area contributed by atoms with Crippen LogP contribution in [0.2, 0.25) is 0 Å². The van der Waals surface area contributed by atoms with Crippen LogP contribution in [0.5, 0.6) is 0 Å². The SMILES string of the molecule is CCC(O)CC1CC(NCCCO)CN(CC(N)=O)C1. The highest BCUT2D eigenvalue weighted by Gasteiger charge is 2.28. The fourth-order valence-corrected chi connectivity index (χ4v) is 2.91. The summed E-state index contributed by atoms with van der Waals surface area (Å²) in [6, 6.07) is 0.295. The Morgan fingerprint density at radius 2 is 2.25 bits per heavy atom. The summed E-state index contributed by atoms with van der Waals surface area (Å²) < 4.78 is 0. The molecule has 0 aromatic heterocycles. The van der Waals surface area contributed by atoms with Crippen LogP contribution in [0.4, 0.5) is 0 Å². The first-order chi connectivity index (χ1) is 9.55. The smallest absolute Gasteiger partial charge is 0.231 e. The molecule has 1 aliphatic heterocycles. The van der Waals surface area contributed by atoms with Crippen molar-refractivity contribution in [1.82, 2.24) is 10.2 Å². The minimum absolute atomic E-state index is 0.183. The van der Waals surface area contributed by atoms with Gasteiger partial charge >= 0.3 is 0 Å². The molecule has 1 amide bonds. The third-order valence-corrected chi connectivity index (χ3v) is 3.84. The van der Waals surface area contributed by atoms with Gasteiger partial charge in [0.15, 0.2) is 0 Å². The maximum atomic E-state index is 11.1. The fraction of sp³-hybridized carbons (Fsp3) is 0.929. The van der Waals surface area contributed by atoms with Crippen LogP contribution < -0.4 is 11.1 Å². The number of carbonyl (C=O) groups excluding carboxylic acids is 1. The maximum absolute atomic E-state index is 11.1. The standard InChI is InChI=1S/C14H29N3O3/c1-2-13(19)7-11-6-12(16-4-3-5-18)9-17(8-11)10-14(15)20/h11-13,16,18-19H,2-10H2,1H3,(H2,15,20). The minimum atomic E-state index is -0.309. The number of amides is 1. The monoisotopic (exact) mass is 287 g/mol. The molecule has 0 aromatic rings. The van der Waals surface area contributed by atoms with Gasteiger partial charge in [-0.2, -0.15) is 0 Å². The first-order valence-corrected chi connectivity index (χ1v) is 7.58. The lowest BCUT2D eigenvalue weighted by Gasteiger charge is -2.38. The first-order valence-electron chi connectivity index (χ1n) is 7.58. The van der Waals surface area contributed by atoms with Gasteiger partial charge in [-0.1, -0.05) is 6.92 Å². The van der Waals surface area contributed by atoms with Crippen molar-refractivity contribution in [1.29, 1.82) is 0 Å². The highest BCUT2D eigenvalue weighted by molar-refractivity contribution is 5.75. The quantitative estimate of drug-likeness (QED) is 0.420. The number of hydrogen-bond donors (Lipinski definition) is 4. The summed E-state index contributed by atoms with van der Waals surface area (Å²) in [5.74, 6) is 0.0699. The van der Waals surface area contributed by atoms with E-state index in [1.807, 2.05) is 6.92 Å². The molecule has 0 radical (unpaired) electrons. The van der Waals surface area contributed by atoms with E-state index in [-0.39, 0.29) is 25.2 Å². The molecular formula is C14H29N3O3. The van der Waals surface area contributed by atoms with Crippen molar-refractivity contribution in [2.45, 2.75) is 44.8 Å². The summed E-state index contributed by atoms with van der Waals surface area (Å²) in [5, 5.41) is 22.1. The van der Waals surface area contributed by atoms with Crippen molar-refractivity contribution in [3.8, 4) is 0 Å². The van der Waals surface area contributed by atoms with Gasteiger partial charge in [0.2, 0.25) is 5.91 Å². The molecule has 0 aliphatic carbocycles. The van der Waals surface area contributed by atoms with Crippen molar-refractivity contribution in [2.75, 3.05) is 32.8 Å². The maximum Gasteiger partial charge on any atom is 0.231 e. The van der Waals surface area contributed by atoms with Crippen LogP contribution in [-0.4, -0.2) is 66.0 Å². The molecule has 3 unspecified atom stereocenters. The molecular weight excluding hydrogens is 258 g/mol. The van der Waals surface area contributed by atoms with Crippen LogP contribution in [-0.2, 0) is 4.79 Å². The molecule has 0 spiro atoms. The van der Waals surface area contributed by atoms with E-state index in [0.29, 0.717) is 12.0 Å². The zero-order valence-electron chi connectivity index (χ0n) is 12.4. The Morgan fingerprint density at radius 1 is 1.50 bits per heavy atom. The van der Waals surface area contributed by atoms with Gasteiger partial charge in [-0.25, -0.2) is 0 Å². The number of nitrogens with two attached hydrogens (primary N) is 1. The molecule has 1 heterocycles. The van der Waals surface area contributed by atoms with E-state index in [2.05, 4.69) is 10.2 Å². The third-order valence-electron chi connectivity index (χ3n) is 3.84. The van der Waals surface area contributed by atoms with Crippen LogP contribution in [0, 0.1) is 5.92 Å². The second-order valence-electron chi connectivity index (χ2n) is 5.79. The van der Waals surface area contributed by atoms with Crippen molar-refractivity contribution in [3.05, 3.63) is 0 Å². The Morgan fingerprint density at radius 3 is 2.85 bits per heavy atom. The third kappa shape index (κ3) is 6.65. The number of aliphatic hydroxyl groups is 2. The number of hydrogen-bond acceptors (Lipinski definition) is 5. The van der Waals surface area contributed by atoms with E-state index in [1.54, 1.807) is 0 Å². The summed E-state index contributed by atoms with van der Waals surface area (Å²) in [4.78, 5) is 13.2. The van der Waals surface area contributed by atoms with E-state index in [4.69, 9.17) is 10.8 Å². The lowest BCUT2D eigenvalue weighted by Crippen LogP contribution is -2.52. The summed E-state index contributed by atoms with van der Waals surface area (Å²) in [7, 11) is 0. The van der Waals surface area contributed by atoms with Crippen molar-refractivity contribution in [3.63, 3.8) is 0 Å². The average molecular weight is 287 g/mol. The summed E-state index contributed by atoms with van der Waals surface area (Å²) in [6.45, 7) is 4.82. The van der Waals surface area contributed by atoms with Crippen LogP contribution in [0.25, 0.3) is 0 Å². The molecule has 0 saturated carbocycles. The van der Waals surface area contributed by atoms with E-state index >= 15 is 0 Å². The number of primary amides is 1. The van der Waals surface area contributed by atoms with Gasteiger partial charge in [0.1, 0.15) is 0 Å². The highest BCUT2D eigenvalue weighted by atomic mass is 16.3. The van der Waals surface area contributed by atoms with E-state index in [1.165, 1.54) is 0 Å². The largest absolute Gasteiger partial charge is 0.396 e. The van der Waals surface area contributed by atoms with Gasteiger partial charge in [0, 0.05) is 25.7 Å². The normalized spacial score (nSPS) is 25.6. The molecule has 5 N–H and O–H groups in total. The van der Waals surface area contributed by atoms with Gasteiger partial charge in [0.05, 0.1) is 12.6 Å². The second-order valence-corrected chi connectivity index (χ2v) is 5.79. The molecule has 6 nitrogen and oxygen atoms in total. The topological polar surface area (TPSA) is 98.8 Å². The van der Waals surface area contributed by atoms with Gasteiger partial charge in [0.25, 0.3) is 0 Å². The number of piperidine rings is 1. The number of nitrogens with zero attached hydrogens (tertiary/aromatic N) is 1. The predicted molar refractivity (Wildman–Crippen MR) is 78.1 cm³/mol. The van der Waals surface area contributed by atoms with Crippen molar-refractivity contribution >= 4 is 5.91 Å². The molecule has 1 aliphatic rings. The van der Waals surface area contributed by atoms with E-state index in [9.17, 15) is 9.90 Å². The minimum Gasteiger partial charge on any atom is -0.396 e. The Hall–Kier alpha value is -0.690. The lowest BCUT2D eigenvalue weighted by atomic mass is 9.88. The number of nitrogens with one attached hydrogen (secondary N) is 1. The molecule has 1 rings (SSSR count). The number of carbonyl (C=O) groups is 1. The molecule has 20 heavy (non-hydrogen) atoms. The van der Waals surface area contributed by atoms with E-state index < -0.39 is 0 Å².